The van der Waals surface area contributed by atoms with Gasteiger partial charge in [-0.05, 0) is 38.3 Å². The van der Waals surface area contributed by atoms with Gasteiger partial charge >= 0.3 is 0 Å². The van der Waals surface area contributed by atoms with E-state index < -0.39 is 0 Å². The zero-order valence-electron chi connectivity index (χ0n) is 15.8. The molecule has 2 aliphatic heterocycles. The van der Waals surface area contributed by atoms with E-state index in [1.165, 1.54) is 11.1 Å². The van der Waals surface area contributed by atoms with Crippen LogP contribution in [0.5, 0.6) is 0 Å². The number of carbonyl (C=O) groups is 1. The summed E-state index contributed by atoms with van der Waals surface area (Å²) in [5, 5.41) is 6.37. The van der Waals surface area contributed by atoms with Crippen molar-refractivity contribution in [3.05, 3.63) is 35.4 Å². The molecule has 2 aliphatic rings. The van der Waals surface area contributed by atoms with Crippen LogP contribution >= 0.6 is 24.8 Å². The lowest BCUT2D eigenvalue weighted by molar-refractivity contribution is -0.129. The molecule has 1 amide bonds. The Balaban J connectivity index is 0.00000169. The highest BCUT2D eigenvalue weighted by molar-refractivity contribution is 5.85. The van der Waals surface area contributed by atoms with Gasteiger partial charge in [0.1, 0.15) is 6.04 Å². The van der Waals surface area contributed by atoms with Gasteiger partial charge in [0.25, 0.3) is 0 Å². The molecule has 2 N–H and O–H groups in total. The summed E-state index contributed by atoms with van der Waals surface area (Å²) < 4.78 is 5.57. The number of fused-ring (bicyclic) bond motifs is 1. The molecule has 1 aromatic rings. The molecule has 0 bridgehead atoms. The largest absolute Gasteiger partial charge is 0.375 e. The van der Waals surface area contributed by atoms with Gasteiger partial charge in [0, 0.05) is 31.7 Å². The summed E-state index contributed by atoms with van der Waals surface area (Å²) in [6, 6.07) is 8.39. The van der Waals surface area contributed by atoms with Crippen LogP contribution in [-0.4, -0.2) is 54.7 Å². The Morgan fingerprint density at radius 3 is 2.69 bits per heavy atom. The predicted octanol–water partition coefficient (Wildman–Crippen LogP) is 2.16. The number of hydrogen-bond donors (Lipinski definition) is 2. The first-order chi connectivity index (χ1) is 11.5. The van der Waals surface area contributed by atoms with E-state index in [2.05, 4.69) is 53.6 Å². The van der Waals surface area contributed by atoms with Crippen LogP contribution in [0, 0.1) is 0 Å². The average molecular weight is 404 g/mol. The van der Waals surface area contributed by atoms with E-state index in [9.17, 15) is 4.79 Å². The third-order valence-corrected chi connectivity index (χ3v) is 5.28. The summed E-state index contributed by atoms with van der Waals surface area (Å²) in [6.07, 6.45) is 0.992. The molecular formula is C19H31Cl2N3O2. The average Bonchev–Trinajstić information content (AvgIpc) is 2.60. The molecule has 1 saturated heterocycles. The zero-order chi connectivity index (χ0) is 17.2. The summed E-state index contributed by atoms with van der Waals surface area (Å²) >= 11 is 0. The number of halogens is 2. The lowest BCUT2D eigenvalue weighted by Gasteiger charge is -2.42. The molecule has 3 rings (SSSR count). The molecule has 7 heteroatoms. The third-order valence-electron chi connectivity index (χ3n) is 5.28. The van der Waals surface area contributed by atoms with Crippen LogP contribution in [-0.2, 0) is 22.5 Å². The van der Waals surface area contributed by atoms with Crippen molar-refractivity contribution in [2.75, 3.05) is 26.2 Å². The Morgan fingerprint density at radius 2 is 2.00 bits per heavy atom. The zero-order valence-corrected chi connectivity index (χ0v) is 17.4. The van der Waals surface area contributed by atoms with Crippen LogP contribution in [0.15, 0.2) is 24.3 Å². The number of nitrogens with zero attached hydrogens (tertiary/aromatic N) is 1. The van der Waals surface area contributed by atoms with E-state index >= 15 is 0 Å². The van der Waals surface area contributed by atoms with Crippen molar-refractivity contribution < 1.29 is 9.53 Å². The van der Waals surface area contributed by atoms with Gasteiger partial charge < -0.3 is 15.4 Å². The van der Waals surface area contributed by atoms with Gasteiger partial charge in [0.15, 0.2) is 0 Å². The first-order valence-electron chi connectivity index (χ1n) is 8.92. The molecule has 0 aromatic heterocycles. The topological polar surface area (TPSA) is 53.6 Å². The van der Waals surface area contributed by atoms with Crippen molar-refractivity contribution in [1.29, 1.82) is 0 Å². The first-order valence-corrected chi connectivity index (χ1v) is 8.92. The second-order valence-corrected chi connectivity index (χ2v) is 7.48. The number of nitrogens with one attached hydrogen (secondary N) is 2. The number of benzene rings is 1. The van der Waals surface area contributed by atoms with Gasteiger partial charge in [-0.3, -0.25) is 9.69 Å². The second kappa shape index (κ2) is 9.90. The van der Waals surface area contributed by atoms with E-state index in [-0.39, 0.29) is 48.4 Å². The van der Waals surface area contributed by atoms with Crippen LogP contribution in [0.25, 0.3) is 0 Å². The van der Waals surface area contributed by atoms with Gasteiger partial charge in [0.05, 0.1) is 12.7 Å². The summed E-state index contributed by atoms with van der Waals surface area (Å²) in [4.78, 5) is 14.9. The fraction of sp³-hybridized carbons (Fsp3) is 0.632. The fourth-order valence-electron chi connectivity index (χ4n) is 3.56. The molecule has 0 spiro atoms. The number of carbonyl (C=O) groups excluding carboxylic acids is 1. The second-order valence-electron chi connectivity index (χ2n) is 7.48. The van der Waals surface area contributed by atoms with Gasteiger partial charge in [-0.25, -0.2) is 0 Å². The number of amides is 1. The number of ether oxygens (including phenoxy) is 1. The molecule has 2 heterocycles. The monoisotopic (exact) mass is 403 g/mol. The van der Waals surface area contributed by atoms with E-state index in [1.807, 2.05) is 6.92 Å². The highest BCUT2D eigenvalue weighted by atomic mass is 35.5. The molecule has 1 aromatic carbocycles. The lowest BCUT2D eigenvalue weighted by Crippen LogP contribution is -2.59. The molecule has 0 aliphatic carbocycles. The van der Waals surface area contributed by atoms with Gasteiger partial charge in [-0.1, -0.05) is 24.3 Å². The summed E-state index contributed by atoms with van der Waals surface area (Å²) in [5.74, 6) is 0.0349. The van der Waals surface area contributed by atoms with Crippen LogP contribution in [0.4, 0.5) is 0 Å². The molecule has 5 nitrogen and oxygen atoms in total. The van der Waals surface area contributed by atoms with Gasteiger partial charge in [-0.2, -0.15) is 0 Å². The molecule has 26 heavy (non-hydrogen) atoms. The fourth-order valence-corrected chi connectivity index (χ4v) is 3.56. The maximum atomic E-state index is 12.5. The highest BCUT2D eigenvalue weighted by Gasteiger charge is 2.33. The van der Waals surface area contributed by atoms with Crippen LogP contribution < -0.4 is 10.6 Å². The van der Waals surface area contributed by atoms with Crippen molar-refractivity contribution in [2.24, 2.45) is 0 Å². The van der Waals surface area contributed by atoms with E-state index in [0.717, 1.165) is 26.1 Å². The quantitative estimate of drug-likeness (QED) is 0.808. The Labute approximate surface area is 169 Å². The molecule has 0 unspecified atom stereocenters. The maximum Gasteiger partial charge on any atom is 0.239 e. The lowest BCUT2D eigenvalue weighted by atomic mass is 9.94. The van der Waals surface area contributed by atoms with Crippen LogP contribution in [0.1, 0.15) is 31.9 Å². The molecule has 148 valence electrons. The number of morpholine rings is 1. The van der Waals surface area contributed by atoms with Gasteiger partial charge in [0.2, 0.25) is 5.91 Å². The van der Waals surface area contributed by atoms with Crippen molar-refractivity contribution in [1.82, 2.24) is 15.5 Å². The predicted molar refractivity (Wildman–Crippen MR) is 109 cm³/mol. The Bertz CT molecular complexity index is 598. The minimum atomic E-state index is -0.253. The Kier molecular flexibility index (Phi) is 8.83. The first kappa shape index (κ1) is 23.2. The minimum Gasteiger partial charge on any atom is -0.375 e. The SMILES string of the molecule is C[C@H]1OCCN[C@@H]1C(=O)NCC(C)(C)N1CCc2ccccc2C1.Cl.Cl. The third kappa shape index (κ3) is 5.33. The van der Waals surface area contributed by atoms with Crippen molar-refractivity contribution in [2.45, 2.75) is 51.4 Å². The molecule has 2 atom stereocenters. The smallest absolute Gasteiger partial charge is 0.239 e. The Morgan fingerprint density at radius 1 is 1.31 bits per heavy atom. The van der Waals surface area contributed by atoms with Crippen LogP contribution in [0.3, 0.4) is 0 Å². The number of hydrogen-bond acceptors (Lipinski definition) is 4. The summed E-state index contributed by atoms with van der Waals surface area (Å²) in [7, 11) is 0. The Hall–Kier alpha value is -0.850. The summed E-state index contributed by atoms with van der Waals surface area (Å²) in [5.41, 5.74) is 2.77. The minimum absolute atomic E-state index is 0. The molecule has 0 radical (unpaired) electrons. The van der Waals surface area contributed by atoms with Crippen LogP contribution in [0.2, 0.25) is 0 Å². The molecule has 0 saturated carbocycles. The summed E-state index contributed by atoms with van der Waals surface area (Å²) in [6.45, 7) is 10.4. The normalized spacial score (nSPS) is 23.2. The molecular weight excluding hydrogens is 373 g/mol. The van der Waals surface area contributed by atoms with Crippen molar-refractivity contribution in [3.63, 3.8) is 0 Å². The van der Waals surface area contributed by atoms with Crippen molar-refractivity contribution >= 4 is 30.7 Å². The van der Waals surface area contributed by atoms with E-state index in [0.29, 0.717) is 13.2 Å². The van der Waals surface area contributed by atoms with E-state index in [1.54, 1.807) is 0 Å². The maximum absolute atomic E-state index is 12.5. The van der Waals surface area contributed by atoms with Gasteiger partial charge in [-0.15, -0.1) is 24.8 Å². The highest BCUT2D eigenvalue weighted by Crippen LogP contribution is 2.25. The number of rotatable bonds is 4. The standard InChI is InChI=1S/C19H29N3O2.2ClH/c1-14-17(20-9-11-24-14)18(23)21-13-19(2,3)22-10-8-15-6-4-5-7-16(15)12-22;;/h4-7,14,17,20H,8-13H2,1-3H3,(H,21,23);2*1H/t14-,17+;;/m1../s1. The van der Waals surface area contributed by atoms with E-state index in [4.69, 9.17) is 4.74 Å². The van der Waals surface area contributed by atoms with Crippen molar-refractivity contribution in [3.8, 4) is 0 Å². The molecule has 1 fully saturated rings.